The molecule has 7 heavy (non-hydrogen) atoms. The molecule has 2 nitrogen and oxygen atoms in total. The van der Waals surface area contributed by atoms with Gasteiger partial charge in [-0.3, -0.25) is 0 Å². The molecule has 0 amide bonds. The summed E-state index contributed by atoms with van der Waals surface area (Å²) < 4.78 is 0. The van der Waals surface area contributed by atoms with Crippen LogP contribution in [0.5, 0.6) is 0 Å². The van der Waals surface area contributed by atoms with Crippen LogP contribution in [0.3, 0.4) is 0 Å². The summed E-state index contributed by atoms with van der Waals surface area (Å²) >= 11 is 5.19. The van der Waals surface area contributed by atoms with Gasteiger partial charge in [-0.05, 0) is 6.42 Å². The third-order valence-electron chi connectivity index (χ3n) is 0.189. The van der Waals surface area contributed by atoms with Crippen LogP contribution in [0, 0.1) is 0 Å². The zero-order valence-electron chi connectivity index (χ0n) is 4.39. The Morgan fingerprint density at radius 1 is 1.29 bits per heavy atom. The molecular formula is C3H9CaClO2. The molecule has 0 saturated carbocycles. The zero-order valence-corrected chi connectivity index (χ0v) is 7.36. The van der Waals surface area contributed by atoms with Gasteiger partial charge in [0.2, 0.25) is 0 Å². The Kier molecular flexibility index (Phi) is 87.8. The molecule has 0 bridgehead atoms. The second-order valence-corrected chi connectivity index (χ2v) is 1.07. The van der Waals surface area contributed by atoms with Crippen molar-refractivity contribution in [2.45, 2.75) is 13.3 Å². The molecule has 2 N–H and O–H groups in total. The van der Waals surface area contributed by atoms with Crippen LogP contribution in [-0.4, -0.2) is 54.6 Å². The molecule has 0 rings (SSSR count). The average molecular weight is 153 g/mol. The maximum atomic E-state index is 5.19. The molecule has 0 aromatic rings. The molecule has 0 unspecified atom stereocenters. The smallest absolute Gasteiger partial charge is 0.870 e. The zero-order chi connectivity index (χ0) is 3.41. The molecule has 0 aromatic carbocycles. The average Bonchev–Trinajstić information content (AvgIpc) is 1.37. The van der Waals surface area contributed by atoms with E-state index in [0.717, 1.165) is 12.3 Å². The first-order valence-corrected chi connectivity index (χ1v) is 2.01. The van der Waals surface area contributed by atoms with Crippen LogP contribution in [0.15, 0.2) is 0 Å². The molecule has 0 spiro atoms. The summed E-state index contributed by atoms with van der Waals surface area (Å²) in [4.78, 5) is 0. The van der Waals surface area contributed by atoms with Crippen molar-refractivity contribution in [2.24, 2.45) is 0 Å². The van der Waals surface area contributed by atoms with Gasteiger partial charge in [-0.15, -0.1) is 11.6 Å². The Morgan fingerprint density at radius 2 is 1.43 bits per heavy atom. The van der Waals surface area contributed by atoms with Gasteiger partial charge in [-0.2, -0.15) is 0 Å². The van der Waals surface area contributed by atoms with E-state index in [2.05, 4.69) is 0 Å². The number of hydrogen-bond acceptors (Lipinski definition) is 2. The number of alkyl halides is 1. The first kappa shape index (κ1) is 23.7. The van der Waals surface area contributed by atoms with E-state index in [-0.39, 0.29) is 48.7 Å². The fraction of sp³-hybridized carbons (Fsp3) is 1.00. The number of rotatable bonds is 1. The van der Waals surface area contributed by atoms with Gasteiger partial charge in [0.25, 0.3) is 0 Å². The monoisotopic (exact) mass is 152 g/mol. The van der Waals surface area contributed by atoms with Gasteiger partial charge in [-0.1, -0.05) is 6.92 Å². The number of hydrogen-bond donors (Lipinski definition) is 0. The fourth-order valence-electron chi connectivity index (χ4n) is 0. The van der Waals surface area contributed by atoms with Crippen molar-refractivity contribution in [3.05, 3.63) is 0 Å². The third-order valence-corrected chi connectivity index (χ3v) is 0.567. The first-order valence-electron chi connectivity index (χ1n) is 1.47. The molecule has 0 saturated heterocycles. The maximum absolute atomic E-state index is 5.19. The van der Waals surface area contributed by atoms with Gasteiger partial charge >= 0.3 is 37.7 Å². The minimum atomic E-state index is 0. The maximum Gasteiger partial charge on any atom is 2.00 e. The van der Waals surface area contributed by atoms with Gasteiger partial charge in [0.1, 0.15) is 0 Å². The van der Waals surface area contributed by atoms with Crippen LogP contribution in [-0.2, 0) is 0 Å². The Labute approximate surface area is 78.8 Å². The molecule has 42 valence electrons. The number of halogens is 1. The van der Waals surface area contributed by atoms with E-state index in [4.69, 9.17) is 11.6 Å². The quantitative estimate of drug-likeness (QED) is 0.414. The van der Waals surface area contributed by atoms with Crippen LogP contribution in [0.2, 0.25) is 0 Å². The Hall–Kier alpha value is 1.47. The largest absolute Gasteiger partial charge is 2.00 e. The van der Waals surface area contributed by atoms with Crippen LogP contribution >= 0.6 is 11.6 Å². The van der Waals surface area contributed by atoms with E-state index in [1.54, 1.807) is 0 Å². The normalized spacial score (nSPS) is 4.29. The van der Waals surface area contributed by atoms with Crippen molar-refractivity contribution in [3.8, 4) is 0 Å². The van der Waals surface area contributed by atoms with E-state index in [0.29, 0.717) is 0 Å². The molecule has 4 heteroatoms. The van der Waals surface area contributed by atoms with Crippen LogP contribution < -0.4 is 0 Å². The Balaban J connectivity index is -0.0000000150. The summed E-state index contributed by atoms with van der Waals surface area (Å²) in [5.41, 5.74) is 0. The standard InChI is InChI=1S/C3H7Cl.Ca.2H2O/c1-2-3-4;;;/h2-3H2,1H3;;2*1H2/q;+2;;/p-2. The van der Waals surface area contributed by atoms with Gasteiger partial charge in [0.15, 0.2) is 0 Å². The van der Waals surface area contributed by atoms with Crippen molar-refractivity contribution >= 4 is 49.3 Å². The SMILES string of the molecule is CCCCl.[Ca+2].[OH-].[OH-]. The van der Waals surface area contributed by atoms with E-state index in [1.165, 1.54) is 0 Å². The van der Waals surface area contributed by atoms with Crippen LogP contribution in [0.25, 0.3) is 0 Å². The van der Waals surface area contributed by atoms with Gasteiger partial charge in [0.05, 0.1) is 0 Å². The minimum Gasteiger partial charge on any atom is -0.870 e. The van der Waals surface area contributed by atoms with E-state index in [9.17, 15) is 0 Å². The van der Waals surface area contributed by atoms with Gasteiger partial charge in [-0.25, -0.2) is 0 Å². The van der Waals surface area contributed by atoms with E-state index in [1.807, 2.05) is 6.92 Å². The summed E-state index contributed by atoms with van der Waals surface area (Å²) in [6.45, 7) is 2.05. The van der Waals surface area contributed by atoms with Crippen molar-refractivity contribution in [1.29, 1.82) is 0 Å². The topological polar surface area (TPSA) is 60.0 Å². The molecule has 0 aromatic heterocycles. The summed E-state index contributed by atoms with van der Waals surface area (Å²) in [6, 6.07) is 0. The predicted molar refractivity (Wildman–Crippen MR) is 30.6 cm³/mol. The minimum absolute atomic E-state index is 0. The van der Waals surface area contributed by atoms with Gasteiger partial charge < -0.3 is 11.0 Å². The van der Waals surface area contributed by atoms with E-state index >= 15 is 0 Å². The molecule has 0 atom stereocenters. The fourth-order valence-corrected chi connectivity index (χ4v) is 0. The summed E-state index contributed by atoms with van der Waals surface area (Å²) in [5.74, 6) is 0.792. The Bertz CT molecular complexity index is 14.9. The summed E-state index contributed by atoms with van der Waals surface area (Å²) in [6.07, 6.45) is 1.08. The molecule has 0 aliphatic rings. The van der Waals surface area contributed by atoms with Crippen molar-refractivity contribution in [3.63, 3.8) is 0 Å². The molecule has 0 radical (unpaired) electrons. The molecule has 0 heterocycles. The molecule has 0 aliphatic carbocycles. The van der Waals surface area contributed by atoms with E-state index < -0.39 is 0 Å². The molecule has 0 aliphatic heterocycles. The van der Waals surface area contributed by atoms with Crippen molar-refractivity contribution < 1.29 is 11.0 Å². The summed E-state index contributed by atoms with van der Waals surface area (Å²) in [5, 5.41) is 0. The van der Waals surface area contributed by atoms with Gasteiger partial charge in [0, 0.05) is 5.88 Å². The molecule has 0 fully saturated rings. The molecular weight excluding hydrogens is 144 g/mol. The van der Waals surface area contributed by atoms with Crippen LogP contribution in [0.4, 0.5) is 0 Å². The third kappa shape index (κ3) is 36.6. The van der Waals surface area contributed by atoms with Crippen LogP contribution in [0.1, 0.15) is 13.3 Å². The second-order valence-electron chi connectivity index (χ2n) is 0.689. The van der Waals surface area contributed by atoms with Crippen molar-refractivity contribution in [1.82, 2.24) is 0 Å². The second kappa shape index (κ2) is 26.0. The first-order chi connectivity index (χ1) is 1.91. The predicted octanol–water partition coefficient (Wildman–Crippen LogP) is 0.901. The Morgan fingerprint density at radius 3 is 1.43 bits per heavy atom. The summed E-state index contributed by atoms with van der Waals surface area (Å²) in [7, 11) is 0. The van der Waals surface area contributed by atoms with Crippen molar-refractivity contribution in [2.75, 3.05) is 5.88 Å².